The molecule has 0 aromatic carbocycles. The van der Waals surface area contributed by atoms with E-state index in [2.05, 4.69) is 21.3 Å². The molecule has 4 rings (SSSR count). The van der Waals surface area contributed by atoms with Gasteiger partial charge in [-0.05, 0) is 71.1 Å². The molecule has 2 saturated heterocycles. The third kappa shape index (κ3) is 11.6. The fraction of sp³-hybridized carbons (Fsp3) is 0.725. The van der Waals surface area contributed by atoms with E-state index in [1.54, 1.807) is 25.7 Å². The van der Waals surface area contributed by atoms with E-state index in [1.807, 2.05) is 13.8 Å². The zero-order valence-corrected chi connectivity index (χ0v) is 36.6. The Morgan fingerprint density at radius 1 is 0.850 bits per heavy atom. The number of carbonyl (C=O) groups is 8. The molecule has 7 amide bonds. The van der Waals surface area contributed by atoms with Crippen LogP contribution in [0.5, 0.6) is 0 Å². The van der Waals surface area contributed by atoms with E-state index in [4.69, 9.17) is 9.73 Å². The molecule has 60 heavy (non-hydrogen) atoms. The van der Waals surface area contributed by atoms with Gasteiger partial charge in [0.2, 0.25) is 29.5 Å². The summed E-state index contributed by atoms with van der Waals surface area (Å²) in [4.78, 5) is 118. The van der Waals surface area contributed by atoms with E-state index in [9.17, 15) is 48.6 Å². The average molecular weight is 863 g/mol. The Labute approximate surface area is 355 Å². The Hall–Kier alpha value is -4.56. The van der Waals surface area contributed by atoms with E-state index < -0.39 is 108 Å². The van der Waals surface area contributed by atoms with Crippen molar-refractivity contribution in [2.45, 2.75) is 141 Å². The first kappa shape index (κ1) is 48.1. The van der Waals surface area contributed by atoms with Crippen molar-refractivity contribution in [3.8, 4) is 0 Å². The number of allylic oxidation sites excluding steroid dienone is 1. The van der Waals surface area contributed by atoms with Crippen molar-refractivity contribution >= 4 is 64.1 Å². The second-order valence-electron chi connectivity index (χ2n) is 16.6. The molecule has 2 fully saturated rings. The van der Waals surface area contributed by atoms with E-state index in [0.717, 1.165) is 4.90 Å². The Bertz CT molecular complexity index is 1720. The lowest BCUT2D eigenvalue weighted by Gasteiger charge is -2.37. The number of amides is 7. The second kappa shape index (κ2) is 21.3. The quantitative estimate of drug-likeness (QED) is 0.150. The van der Waals surface area contributed by atoms with Crippen molar-refractivity contribution < 1.29 is 53.3 Å². The summed E-state index contributed by atoms with van der Waals surface area (Å²) in [6.07, 6.45) is 0.988. The molecule has 0 aromatic rings. The first-order valence-corrected chi connectivity index (χ1v) is 21.7. The first-order valence-electron chi connectivity index (χ1n) is 20.8. The molecule has 0 spiro atoms. The highest BCUT2D eigenvalue weighted by molar-refractivity contribution is 8.14. The van der Waals surface area contributed by atoms with Crippen LogP contribution in [0.25, 0.3) is 0 Å². The number of cyclic esters (lactones) is 1. The Balaban J connectivity index is 1.68. The Morgan fingerprint density at radius 2 is 1.52 bits per heavy atom. The maximum Gasteiger partial charge on any atom is 0.329 e. The molecule has 0 unspecified atom stereocenters. The zero-order valence-electron chi connectivity index (χ0n) is 35.8. The van der Waals surface area contributed by atoms with Gasteiger partial charge in [0.25, 0.3) is 11.8 Å². The van der Waals surface area contributed by atoms with Crippen molar-refractivity contribution in [1.82, 2.24) is 36.0 Å². The summed E-state index contributed by atoms with van der Waals surface area (Å²) in [5, 5.41) is 32.4. The summed E-state index contributed by atoms with van der Waals surface area (Å²) in [5.74, 6) is -6.13. The van der Waals surface area contributed by atoms with Gasteiger partial charge in [0.15, 0.2) is 6.10 Å². The molecule has 4 aliphatic heterocycles. The normalized spacial score (nSPS) is 31.4. The maximum atomic E-state index is 14.1. The van der Waals surface area contributed by atoms with Crippen LogP contribution in [0, 0.1) is 11.8 Å². The van der Waals surface area contributed by atoms with Gasteiger partial charge in [0.05, 0.1) is 17.2 Å². The van der Waals surface area contributed by atoms with Gasteiger partial charge in [0.1, 0.15) is 48.6 Å². The number of likely N-dealkylation sites (N-methyl/N-ethyl adjacent to an activating group) is 1. The third-order valence-corrected chi connectivity index (χ3v) is 12.2. The van der Waals surface area contributed by atoms with Crippen LogP contribution in [0.2, 0.25) is 0 Å². The molecule has 0 aromatic heterocycles. The van der Waals surface area contributed by atoms with E-state index in [1.165, 1.54) is 43.6 Å². The molecule has 0 radical (unpaired) electrons. The molecular weight excluding hydrogens is 801 g/mol. The van der Waals surface area contributed by atoms with Crippen LogP contribution in [0.15, 0.2) is 16.8 Å². The van der Waals surface area contributed by atoms with Crippen LogP contribution >= 0.6 is 11.8 Å². The molecule has 4 aliphatic rings. The van der Waals surface area contributed by atoms with Gasteiger partial charge < -0.3 is 50.9 Å². The SMILES string of the molecule is C/C=C1\NC(=O)[C@@H]2CSC(=N2)[C@@H]2CCCN2C(=O)[C@@H](CC(C)C)NC(=O)[C@H](C)NC(=O)[C@@H](O)COC(=O)[C@H](C(C)C)N(C)C(=O)[C@H]([C@@H](C)O)NC(=O)[C@@H]2CCCCN2C1=O. The van der Waals surface area contributed by atoms with Gasteiger partial charge in [-0.2, -0.15) is 0 Å². The predicted octanol–water partition coefficient (Wildman–Crippen LogP) is -0.806. The number of esters is 1. The molecule has 2 bridgehead atoms. The van der Waals surface area contributed by atoms with E-state index in [-0.39, 0.29) is 42.7 Å². The summed E-state index contributed by atoms with van der Waals surface area (Å²) in [6, 6.07) is -7.42. The number of fused-ring (bicyclic) bond motifs is 4. The van der Waals surface area contributed by atoms with Crippen molar-refractivity contribution in [3.05, 3.63) is 11.8 Å². The summed E-state index contributed by atoms with van der Waals surface area (Å²) < 4.78 is 5.29. The predicted molar refractivity (Wildman–Crippen MR) is 221 cm³/mol. The number of hydrogen-bond acceptors (Lipinski definition) is 13. The fourth-order valence-corrected chi connectivity index (χ4v) is 9.02. The molecule has 6 N–H and O–H groups in total. The average Bonchev–Trinajstić information content (AvgIpc) is 3.90. The number of thioether (sulfide) groups is 1. The summed E-state index contributed by atoms with van der Waals surface area (Å²) >= 11 is 1.34. The maximum absolute atomic E-state index is 14.1. The number of carbonyl (C=O) groups excluding carboxylic acids is 8. The van der Waals surface area contributed by atoms with Gasteiger partial charge in [-0.15, -0.1) is 11.8 Å². The first-order chi connectivity index (χ1) is 28.3. The smallest absolute Gasteiger partial charge is 0.329 e. The van der Waals surface area contributed by atoms with Crippen LogP contribution in [-0.4, -0.2) is 164 Å². The number of nitrogens with one attached hydrogen (secondary N) is 4. The number of aliphatic hydroxyl groups is 2. The zero-order chi connectivity index (χ0) is 44.6. The summed E-state index contributed by atoms with van der Waals surface area (Å²) in [6.45, 7) is 11.0. The van der Waals surface area contributed by atoms with Crippen LogP contribution in [0.3, 0.4) is 0 Å². The molecule has 334 valence electrons. The molecular formula is C40H62N8O11S. The highest BCUT2D eigenvalue weighted by Gasteiger charge is 2.43. The number of rotatable bonds is 4. The van der Waals surface area contributed by atoms with Crippen LogP contribution in [0.4, 0.5) is 0 Å². The molecule has 9 atom stereocenters. The lowest BCUT2D eigenvalue weighted by molar-refractivity contribution is -0.161. The molecule has 4 heterocycles. The van der Waals surface area contributed by atoms with Gasteiger partial charge in [-0.3, -0.25) is 38.6 Å². The van der Waals surface area contributed by atoms with Gasteiger partial charge in [0, 0.05) is 25.9 Å². The monoisotopic (exact) mass is 862 g/mol. The lowest BCUT2D eigenvalue weighted by atomic mass is 9.99. The minimum atomic E-state index is -1.91. The molecule has 0 saturated carbocycles. The molecule has 0 aliphatic carbocycles. The van der Waals surface area contributed by atoms with Crippen LogP contribution in [0.1, 0.15) is 87.0 Å². The van der Waals surface area contributed by atoms with Crippen molar-refractivity contribution in [1.29, 1.82) is 0 Å². The number of aliphatic imine (C=N–C) groups is 1. The Kier molecular flexibility index (Phi) is 17.1. The number of ether oxygens (including phenoxy) is 1. The summed E-state index contributed by atoms with van der Waals surface area (Å²) in [7, 11) is 1.28. The highest BCUT2D eigenvalue weighted by atomic mass is 32.2. The third-order valence-electron chi connectivity index (χ3n) is 11.1. The van der Waals surface area contributed by atoms with Crippen LogP contribution in [-0.2, 0) is 43.1 Å². The summed E-state index contributed by atoms with van der Waals surface area (Å²) in [5.41, 5.74) is -0.0665. The second-order valence-corrected chi connectivity index (χ2v) is 17.7. The van der Waals surface area contributed by atoms with E-state index >= 15 is 0 Å². The van der Waals surface area contributed by atoms with Crippen molar-refractivity contribution in [2.75, 3.05) is 32.5 Å². The largest absolute Gasteiger partial charge is 0.461 e. The molecule has 19 nitrogen and oxygen atoms in total. The van der Waals surface area contributed by atoms with Gasteiger partial charge >= 0.3 is 5.97 Å². The minimum Gasteiger partial charge on any atom is -0.461 e. The fourth-order valence-electron chi connectivity index (χ4n) is 7.82. The number of piperidine rings is 1. The number of hydrogen-bond donors (Lipinski definition) is 6. The standard InChI is InChI=1S/C40H62N8O11S/c1-9-24-37(55)47-15-11-10-13-27(47)34(53)45-30(23(7)49)39(57)46(8)31(21(4)5)40(58)59-18-29(50)35(54)41-22(6)32(51)43-25(17-20(2)3)38(56)48-16-12-14-28(48)36-44-26(19-60-36)33(52)42-24/h9,20-23,25-31,49-50H,10-19H2,1-8H3,(H,41,54)(H,42,52)(H,43,51)(H,45,53)/b24-9-/t22-,23+,25+,26-,27-,28-,29-,30-,31-/m0/s1. The van der Waals surface area contributed by atoms with Gasteiger partial charge in [-0.25, -0.2) is 4.79 Å². The lowest BCUT2D eigenvalue weighted by Crippen LogP contribution is -2.61. The van der Waals surface area contributed by atoms with Crippen molar-refractivity contribution in [2.24, 2.45) is 16.8 Å². The molecule has 20 heteroatoms. The number of aliphatic hydroxyl groups excluding tert-OH is 2. The number of nitrogens with zero attached hydrogens (tertiary/aromatic N) is 4. The van der Waals surface area contributed by atoms with Gasteiger partial charge in [-0.1, -0.05) is 33.8 Å². The van der Waals surface area contributed by atoms with Crippen molar-refractivity contribution in [3.63, 3.8) is 0 Å². The van der Waals surface area contributed by atoms with Crippen LogP contribution < -0.4 is 21.3 Å². The highest BCUT2D eigenvalue weighted by Crippen LogP contribution is 2.30. The minimum absolute atomic E-state index is 0.0120. The van der Waals surface area contributed by atoms with E-state index in [0.29, 0.717) is 37.3 Å². The Morgan fingerprint density at radius 3 is 2.15 bits per heavy atom. The topological polar surface area (TPSA) is 256 Å².